The summed E-state index contributed by atoms with van der Waals surface area (Å²) < 4.78 is 19.1. The minimum atomic E-state index is -0.273. The molecule has 132 valence electrons. The third-order valence-corrected chi connectivity index (χ3v) is 4.59. The first kappa shape index (κ1) is 16.3. The molecule has 26 heavy (non-hydrogen) atoms. The van der Waals surface area contributed by atoms with E-state index in [9.17, 15) is 9.18 Å². The summed E-state index contributed by atoms with van der Waals surface area (Å²) in [6, 6.07) is 13.9. The Kier molecular flexibility index (Phi) is 4.16. The van der Waals surface area contributed by atoms with E-state index in [-0.39, 0.29) is 17.6 Å². The number of para-hydroxylation sites is 1. The van der Waals surface area contributed by atoms with Crippen molar-refractivity contribution in [1.82, 2.24) is 10.2 Å². The molecule has 6 heteroatoms. The second-order valence-electron chi connectivity index (χ2n) is 6.37. The second kappa shape index (κ2) is 6.63. The van der Waals surface area contributed by atoms with Crippen molar-refractivity contribution in [2.24, 2.45) is 0 Å². The lowest BCUT2D eigenvalue weighted by Gasteiger charge is -2.24. The van der Waals surface area contributed by atoms with Gasteiger partial charge in [0.2, 0.25) is 5.91 Å². The average Bonchev–Trinajstić information content (AvgIpc) is 3.01. The van der Waals surface area contributed by atoms with Crippen molar-refractivity contribution >= 4 is 11.7 Å². The van der Waals surface area contributed by atoms with E-state index in [1.165, 1.54) is 12.1 Å². The Balaban J connectivity index is 1.65. The zero-order valence-corrected chi connectivity index (χ0v) is 14.3. The molecule has 0 bridgehead atoms. The van der Waals surface area contributed by atoms with E-state index in [2.05, 4.69) is 15.5 Å². The van der Waals surface area contributed by atoms with Crippen LogP contribution in [0, 0.1) is 12.7 Å². The topological polar surface area (TPSA) is 67.0 Å². The largest absolute Gasteiger partial charge is 0.489 e. The predicted molar refractivity (Wildman–Crippen MR) is 95.6 cm³/mol. The minimum absolute atomic E-state index is 0.0673. The van der Waals surface area contributed by atoms with Crippen molar-refractivity contribution in [3.63, 3.8) is 0 Å². The second-order valence-corrected chi connectivity index (χ2v) is 6.37. The molecule has 5 nitrogen and oxygen atoms in total. The van der Waals surface area contributed by atoms with Crippen LogP contribution in [0.2, 0.25) is 0 Å². The summed E-state index contributed by atoms with van der Waals surface area (Å²) in [6.07, 6.45) is 0.338. The first-order valence-corrected chi connectivity index (χ1v) is 8.42. The van der Waals surface area contributed by atoms with Crippen LogP contribution in [0.3, 0.4) is 0 Å². The summed E-state index contributed by atoms with van der Waals surface area (Å²) in [5, 5.41) is 9.93. The quantitative estimate of drug-likeness (QED) is 0.749. The van der Waals surface area contributed by atoms with Crippen molar-refractivity contribution in [3.8, 4) is 5.75 Å². The van der Waals surface area contributed by atoms with E-state index >= 15 is 0 Å². The highest BCUT2D eigenvalue weighted by Crippen LogP contribution is 2.41. The lowest BCUT2D eigenvalue weighted by atomic mass is 9.85. The number of fused-ring (bicyclic) bond motifs is 1. The normalized spacial score (nSPS) is 16.1. The summed E-state index contributed by atoms with van der Waals surface area (Å²) in [5.74, 6) is 0.828. The van der Waals surface area contributed by atoms with Gasteiger partial charge in [-0.25, -0.2) is 4.39 Å². The van der Waals surface area contributed by atoms with Gasteiger partial charge in [-0.1, -0.05) is 30.3 Å². The summed E-state index contributed by atoms with van der Waals surface area (Å²) in [5.41, 5.74) is 3.73. The molecule has 0 saturated heterocycles. The lowest BCUT2D eigenvalue weighted by Crippen LogP contribution is -2.23. The van der Waals surface area contributed by atoms with Crippen molar-refractivity contribution in [2.45, 2.75) is 25.9 Å². The first-order chi connectivity index (χ1) is 12.6. The highest BCUT2D eigenvalue weighted by molar-refractivity contribution is 5.94. The van der Waals surface area contributed by atoms with E-state index < -0.39 is 0 Å². The number of hydrogen-bond donors (Lipinski definition) is 2. The molecular formula is C20H18FN3O2. The zero-order chi connectivity index (χ0) is 18.1. The van der Waals surface area contributed by atoms with E-state index in [0.717, 1.165) is 22.4 Å². The van der Waals surface area contributed by atoms with E-state index in [0.29, 0.717) is 24.6 Å². The number of nitrogens with one attached hydrogen (secondary N) is 2. The minimum Gasteiger partial charge on any atom is -0.489 e. The number of H-pyrrole nitrogens is 1. The van der Waals surface area contributed by atoms with Gasteiger partial charge in [-0.05, 0) is 30.7 Å². The molecule has 1 atom stereocenters. The summed E-state index contributed by atoms with van der Waals surface area (Å²) in [4.78, 5) is 12.1. The number of ether oxygens (including phenoxy) is 1. The van der Waals surface area contributed by atoms with Crippen LogP contribution in [0.25, 0.3) is 0 Å². The highest BCUT2D eigenvalue weighted by Gasteiger charge is 2.32. The number of aromatic nitrogens is 2. The molecule has 1 aromatic heterocycles. The first-order valence-electron chi connectivity index (χ1n) is 8.42. The van der Waals surface area contributed by atoms with Gasteiger partial charge in [0.25, 0.3) is 0 Å². The fourth-order valence-electron chi connectivity index (χ4n) is 3.34. The number of hydrogen-bond acceptors (Lipinski definition) is 3. The smallest absolute Gasteiger partial charge is 0.226 e. The van der Waals surface area contributed by atoms with Gasteiger partial charge in [0.1, 0.15) is 18.2 Å². The van der Waals surface area contributed by atoms with Crippen LogP contribution in [0.1, 0.15) is 34.7 Å². The molecule has 2 N–H and O–H groups in total. The van der Waals surface area contributed by atoms with Crippen molar-refractivity contribution < 1.29 is 13.9 Å². The third kappa shape index (κ3) is 3.06. The summed E-state index contributed by atoms with van der Waals surface area (Å²) in [6.45, 7) is 2.27. The Bertz CT molecular complexity index is 950. The van der Waals surface area contributed by atoms with Crippen molar-refractivity contribution in [3.05, 3.63) is 76.7 Å². The van der Waals surface area contributed by atoms with Crippen LogP contribution >= 0.6 is 0 Å². The number of carbonyl (C=O) groups excluding carboxylic acids is 1. The molecule has 0 saturated carbocycles. The predicted octanol–water partition coefficient (Wildman–Crippen LogP) is 3.91. The number of halogens is 1. The molecule has 1 aliphatic heterocycles. The van der Waals surface area contributed by atoms with Gasteiger partial charge in [0, 0.05) is 29.2 Å². The van der Waals surface area contributed by atoms with E-state index in [4.69, 9.17) is 4.74 Å². The molecule has 3 aromatic rings. The number of aromatic amines is 1. The highest BCUT2D eigenvalue weighted by atomic mass is 19.1. The molecule has 2 heterocycles. The molecule has 0 spiro atoms. The van der Waals surface area contributed by atoms with E-state index in [1.54, 1.807) is 12.1 Å². The molecule has 0 aliphatic carbocycles. The molecule has 0 fully saturated rings. The number of rotatable bonds is 4. The van der Waals surface area contributed by atoms with Crippen LogP contribution < -0.4 is 10.1 Å². The van der Waals surface area contributed by atoms with Crippen LogP contribution in [0.15, 0.2) is 48.5 Å². The SMILES string of the molecule is Cc1[nH]nc2c1[C@@H](c1ccccc1OCc1ccc(F)cc1)CC(=O)N2. The van der Waals surface area contributed by atoms with Crippen molar-refractivity contribution in [2.75, 3.05) is 5.32 Å². The Hall–Kier alpha value is -3.15. The molecule has 2 aromatic carbocycles. The van der Waals surface area contributed by atoms with Crippen LogP contribution in [0.5, 0.6) is 5.75 Å². The van der Waals surface area contributed by atoms with Gasteiger partial charge in [-0.3, -0.25) is 9.89 Å². The van der Waals surface area contributed by atoms with Crippen molar-refractivity contribution in [1.29, 1.82) is 0 Å². The Labute approximate surface area is 150 Å². The number of amides is 1. The standard InChI is InChI=1S/C20H18FN3O2/c1-12-19-16(10-18(25)22-20(19)24-23-12)15-4-2-3-5-17(15)26-11-13-6-8-14(21)9-7-13/h2-9,16H,10-11H2,1H3,(H2,22,23,24,25)/t16-/m1/s1. The van der Waals surface area contributed by atoms with E-state index in [1.807, 2.05) is 31.2 Å². The Morgan fingerprint density at radius 3 is 2.77 bits per heavy atom. The van der Waals surface area contributed by atoms with Crippen LogP contribution in [-0.4, -0.2) is 16.1 Å². The summed E-state index contributed by atoms with van der Waals surface area (Å²) >= 11 is 0. The molecule has 1 amide bonds. The maximum Gasteiger partial charge on any atom is 0.226 e. The van der Waals surface area contributed by atoms with Crippen LogP contribution in [-0.2, 0) is 11.4 Å². The van der Waals surface area contributed by atoms with Gasteiger partial charge < -0.3 is 10.1 Å². The lowest BCUT2D eigenvalue weighted by molar-refractivity contribution is -0.116. The average molecular weight is 351 g/mol. The number of aryl methyl sites for hydroxylation is 1. The van der Waals surface area contributed by atoms with Crippen LogP contribution in [0.4, 0.5) is 10.2 Å². The zero-order valence-electron chi connectivity index (χ0n) is 14.3. The molecular weight excluding hydrogens is 333 g/mol. The van der Waals surface area contributed by atoms with Gasteiger partial charge in [0.15, 0.2) is 5.82 Å². The number of carbonyl (C=O) groups is 1. The number of benzene rings is 2. The Morgan fingerprint density at radius 2 is 1.96 bits per heavy atom. The third-order valence-electron chi connectivity index (χ3n) is 4.59. The van der Waals surface area contributed by atoms with Gasteiger partial charge in [-0.15, -0.1) is 0 Å². The maximum atomic E-state index is 13.1. The van der Waals surface area contributed by atoms with Gasteiger partial charge in [-0.2, -0.15) is 5.10 Å². The molecule has 0 radical (unpaired) electrons. The number of anilines is 1. The van der Waals surface area contributed by atoms with Gasteiger partial charge in [0.05, 0.1) is 0 Å². The molecule has 0 unspecified atom stereocenters. The Morgan fingerprint density at radius 1 is 1.19 bits per heavy atom. The summed E-state index contributed by atoms with van der Waals surface area (Å²) in [7, 11) is 0. The fourth-order valence-corrected chi connectivity index (χ4v) is 3.34. The maximum absolute atomic E-state index is 13.1. The molecule has 1 aliphatic rings. The fraction of sp³-hybridized carbons (Fsp3) is 0.200. The molecule has 4 rings (SSSR count). The monoisotopic (exact) mass is 351 g/mol. The van der Waals surface area contributed by atoms with Gasteiger partial charge >= 0.3 is 0 Å². The number of nitrogens with zero attached hydrogens (tertiary/aromatic N) is 1.